The van der Waals surface area contributed by atoms with Gasteiger partial charge in [-0.1, -0.05) is 26.0 Å². The molecule has 0 radical (unpaired) electrons. The Hall–Kier alpha value is -0.340. The number of hydrogen-bond donors (Lipinski definition) is 1. The molecule has 2 rings (SSSR count). The molecule has 0 spiro atoms. The van der Waals surface area contributed by atoms with E-state index in [-0.39, 0.29) is 0 Å². The SMILES string of the molecule is CC1CN(CC2C=CC(N)C2)CC1C. The molecule has 2 aliphatic rings. The first-order valence-electron chi connectivity index (χ1n) is 5.81. The van der Waals surface area contributed by atoms with Crippen LogP contribution in [0.5, 0.6) is 0 Å². The molecule has 2 N–H and O–H groups in total. The predicted octanol–water partition coefficient (Wildman–Crippen LogP) is 1.48. The van der Waals surface area contributed by atoms with Gasteiger partial charge in [0.05, 0.1) is 0 Å². The van der Waals surface area contributed by atoms with Crippen LogP contribution in [-0.2, 0) is 0 Å². The monoisotopic (exact) mass is 194 g/mol. The van der Waals surface area contributed by atoms with Crippen LogP contribution >= 0.6 is 0 Å². The molecule has 0 saturated carbocycles. The molecular formula is C12H22N2. The Morgan fingerprint density at radius 2 is 1.86 bits per heavy atom. The third-order valence-electron chi connectivity index (χ3n) is 3.76. The molecule has 2 heteroatoms. The topological polar surface area (TPSA) is 29.3 Å². The molecule has 0 amide bonds. The molecule has 1 heterocycles. The van der Waals surface area contributed by atoms with Gasteiger partial charge in [-0.05, 0) is 24.2 Å². The molecule has 0 aromatic heterocycles. The molecule has 1 aliphatic carbocycles. The zero-order chi connectivity index (χ0) is 10.1. The van der Waals surface area contributed by atoms with Gasteiger partial charge in [-0.2, -0.15) is 0 Å². The number of likely N-dealkylation sites (tertiary alicyclic amines) is 1. The molecule has 80 valence electrons. The summed E-state index contributed by atoms with van der Waals surface area (Å²) in [6, 6.07) is 0.317. The van der Waals surface area contributed by atoms with Crippen molar-refractivity contribution in [1.29, 1.82) is 0 Å². The number of hydrogen-bond acceptors (Lipinski definition) is 2. The van der Waals surface area contributed by atoms with E-state index >= 15 is 0 Å². The molecule has 1 fully saturated rings. The first kappa shape index (κ1) is 10.2. The highest BCUT2D eigenvalue weighted by Gasteiger charge is 2.28. The summed E-state index contributed by atoms with van der Waals surface area (Å²) in [7, 11) is 0. The molecule has 0 aromatic rings. The van der Waals surface area contributed by atoms with Crippen LogP contribution in [-0.4, -0.2) is 30.6 Å². The quantitative estimate of drug-likeness (QED) is 0.675. The van der Waals surface area contributed by atoms with E-state index in [0.29, 0.717) is 12.0 Å². The Labute approximate surface area is 87.2 Å². The van der Waals surface area contributed by atoms with Gasteiger partial charge in [0.2, 0.25) is 0 Å². The average molecular weight is 194 g/mol. The van der Waals surface area contributed by atoms with Gasteiger partial charge in [0.25, 0.3) is 0 Å². The van der Waals surface area contributed by atoms with E-state index in [9.17, 15) is 0 Å². The fraction of sp³-hybridized carbons (Fsp3) is 0.833. The lowest BCUT2D eigenvalue weighted by Crippen LogP contribution is -2.28. The normalized spacial score (nSPS) is 43.6. The summed E-state index contributed by atoms with van der Waals surface area (Å²) < 4.78 is 0. The van der Waals surface area contributed by atoms with Crippen LogP contribution in [0.15, 0.2) is 12.2 Å². The van der Waals surface area contributed by atoms with Gasteiger partial charge < -0.3 is 10.6 Å². The minimum absolute atomic E-state index is 0.317. The zero-order valence-electron chi connectivity index (χ0n) is 9.32. The maximum absolute atomic E-state index is 5.85. The Morgan fingerprint density at radius 3 is 2.36 bits per heavy atom. The van der Waals surface area contributed by atoms with E-state index in [1.165, 1.54) is 19.6 Å². The third-order valence-corrected chi connectivity index (χ3v) is 3.76. The zero-order valence-corrected chi connectivity index (χ0v) is 9.32. The smallest absolute Gasteiger partial charge is 0.0229 e. The largest absolute Gasteiger partial charge is 0.324 e. The summed E-state index contributed by atoms with van der Waals surface area (Å²) in [5, 5.41) is 0. The van der Waals surface area contributed by atoms with Crippen molar-refractivity contribution in [1.82, 2.24) is 4.90 Å². The number of nitrogens with two attached hydrogens (primary N) is 1. The highest BCUT2D eigenvalue weighted by atomic mass is 15.2. The van der Waals surface area contributed by atoms with Crippen LogP contribution in [0.1, 0.15) is 20.3 Å². The maximum atomic E-state index is 5.85. The molecule has 1 aliphatic heterocycles. The van der Waals surface area contributed by atoms with Crippen molar-refractivity contribution in [3.8, 4) is 0 Å². The van der Waals surface area contributed by atoms with E-state index in [1.54, 1.807) is 0 Å². The summed E-state index contributed by atoms with van der Waals surface area (Å²) in [4.78, 5) is 2.60. The van der Waals surface area contributed by atoms with E-state index < -0.39 is 0 Å². The molecular weight excluding hydrogens is 172 g/mol. The molecule has 14 heavy (non-hydrogen) atoms. The summed E-state index contributed by atoms with van der Waals surface area (Å²) >= 11 is 0. The van der Waals surface area contributed by atoms with Gasteiger partial charge in [-0.15, -0.1) is 0 Å². The second-order valence-electron chi connectivity index (χ2n) is 5.22. The number of nitrogens with zero attached hydrogens (tertiary/aromatic N) is 1. The Kier molecular flexibility index (Phi) is 2.93. The van der Waals surface area contributed by atoms with E-state index in [2.05, 4.69) is 30.9 Å². The van der Waals surface area contributed by atoms with Crippen molar-refractivity contribution in [2.24, 2.45) is 23.5 Å². The third kappa shape index (κ3) is 2.18. The van der Waals surface area contributed by atoms with Crippen molar-refractivity contribution in [2.75, 3.05) is 19.6 Å². The second-order valence-corrected chi connectivity index (χ2v) is 5.22. The van der Waals surface area contributed by atoms with Crippen molar-refractivity contribution in [2.45, 2.75) is 26.3 Å². The predicted molar refractivity (Wildman–Crippen MR) is 60.0 cm³/mol. The lowest BCUT2D eigenvalue weighted by molar-refractivity contribution is 0.286. The van der Waals surface area contributed by atoms with Gasteiger partial charge in [0, 0.05) is 25.7 Å². The highest BCUT2D eigenvalue weighted by Crippen LogP contribution is 2.25. The van der Waals surface area contributed by atoms with E-state index in [1.807, 2.05) is 0 Å². The minimum atomic E-state index is 0.317. The van der Waals surface area contributed by atoms with Crippen molar-refractivity contribution < 1.29 is 0 Å². The van der Waals surface area contributed by atoms with Crippen LogP contribution < -0.4 is 5.73 Å². The van der Waals surface area contributed by atoms with E-state index in [0.717, 1.165) is 18.3 Å². The van der Waals surface area contributed by atoms with E-state index in [4.69, 9.17) is 5.73 Å². The molecule has 4 atom stereocenters. The van der Waals surface area contributed by atoms with Gasteiger partial charge in [0.1, 0.15) is 0 Å². The van der Waals surface area contributed by atoms with Crippen LogP contribution in [0.2, 0.25) is 0 Å². The second kappa shape index (κ2) is 4.03. The van der Waals surface area contributed by atoms with Crippen molar-refractivity contribution in [3.63, 3.8) is 0 Å². The van der Waals surface area contributed by atoms with Gasteiger partial charge in [-0.25, -0.2) is 0 Å². The highest BCUT2D eigenvalue weighted by molar-refractivity contribution is 5.05. The number of rotatable bonds is 2. The van der Waals surface area contributed by atoms with Gasteiger partial charge in [0.15, 0.2) is 0 Å². The molecule has 0 bridgehead atoms. The minimum Gasteiger partial charge on any atom is -0.324 e. The fourth-order valence-corrected chi connectivity index (χ4v) is 2.67. The van der Waals surface area contributed by atoms with Crippen LogP contribution in [0.3, 0.4) is 0 Å². The van der Waals surface area contributed by atoms with Gasteiger partial charge >= 0.3 is 0 Å². The van der Waals surface area contributed by atoms with Crippen molar-refractivity contribution in [3.05, 3.63) is 12.2 Å². The molecule has 4 unspecified atom stereocenters. The summed E-state index contributed by atoms with van der Waals surface area (Å²) in [6.07, 6.45) is 5.62. The Balaban J connectivity index is 1.79. The molecule has 0 aromatic carbocycles. The first-order valence-corrected chi connectivity index (χ1v) is 5.81. The summed E-state index contributed by atoms with van der Waals surface area (Å²) in [6.45, 7) is 8.50. The van der Waals surface area contributed by atoms with Crippen LogP contribution in [0, 0.1) is 17.8 Å². The molecule has 2 nitrogen and oxygen atoms in total. The fourth-order valence-electron chi connectivity index (χ4n) is 2.67. The summed E-state index contributed by atoms with van der Waals surface area (Å²) in [5.41, 5.74) is 5.85. The van der Waals surface area contributed by atoms with Gasteiger partial charge in [-0.3, -0.25) is 0 Å². The summed E-state index contributed by atoms with van der Waals surface area (Å²) in [5.74, 6) is 2.45. The lowest BCUT2D eigenvalue weighted by atomic mass is 10.0. The van der Waals surface area contributed by atoms with Crippen LogP contribution in [0.4, 0.5) is 0 Å². The van der Waals surface area contributed by atoms with Crippen LogP contribution in [0.25, 0.3) is 0 Å². The average Bonchev–Trinajstić information content (AvgIpc) is 2.62. The first-order chi connectivity index (χ1) is 6.65. The Bertz CT molecular complexity index is 214. The molecule has 1 saturated heterocycles. The van der Waals surface area contributed by atoms with Crippen molar-refractivity contribution >= 4 is 0 Å². The maximum Gasteiger partial charge on any atom is 0.0229 e. The standard InChI is InChI=1S/C12H22N2/c1-9-6-14(7-10(9)2)8-11-3-4-12(13)5-11/h3-4,9-12H,5-8,13H2,1-2H3. The lowest BCUT2D eigenvalue weighted by Gasteiger charge is -2.19. The Morgan fingerprint density at radius 1 is 1.21 bits per heavy atom.